The van der Waals surface area contributed by atoms with Gasteiger partial charge < -0.3 is 4.52 Å². The fourth-order valence-corrected chi connectivity index (χ4v) is 1.28. The van der Waals surface area contributed by atoms with Gasteiger partial charge in [-0.25, -0.2) is 4.79 Å². The van der Waals surface area contributed by atoms with Crippen molar-refractivity contribution in [1.29, 1.82) is 0 Å². The zero-order chi connectivity index (χ0) is 6.91. The van der Waals surface area contributed by atoms with Crippen LogP contribution in [0.4, 0.5) is 0 Å². The number of nitrogens with one attached hydrogen (secondary N) is 1. The Morgan fingerprint density at radius 1 is 1.67 bits per heavy atom. The largest absolute Gasteiger partial charge is 0.450 e. The minimum atomic E-state index is -0.369. The van der Waals surface area contributed by atoms with E-state index in [1.54, 1.807) is 0 Å². The lowest BCUT2D eigenvalue weighted by molar-refractivity contribution is -0.136. The Hall–Kier alpha value is 0.290. The molecule has 3 nitrogen and oxygen atoms in total. The number of carbonyl (C=O) groups is 1. The summed E-state index contributed by atoms with van der Waals surface area (Å²) in [5.41, 5.74) is -0.369. The minimum absolute atomic E-state index is 0.192. The van der Waals surface area contributed by atoms with E-state index in [0.29, 0.717) is 0 Å². The molecule has 0 bridgehead atoms. The maximum atomic E-state index is 10.8. The van der Waals surface area contributed by atoms with Crippen LogP contribution in [-0.4, -0.2) is 11.5 Å². The molecule has 2 atom stereocenters. The maximum absolute atomic E-state index is 10.8. The first-order valence-electron chi connectivity index (χ1n) is 2.64. The second-order valence-corrected chi connectivity index (χ2v) is 2.66. The first-order chi connectivity index (χ1) is 4.25. The van der Waals surface area contributed by atoms with Crippen molar-refractivity contribution in [1.82, 2.24) is 5.09 Å². The van der Waals surface area contributed by atoms with Crippen molar-refractivity contribution in [3.63, 3.8) is 0 Å². The summed E-state index contributed by atoms with van der Waals surface area (Å²) >= 11 is 0. The fourth-order valence-electron chi connectivity index (χ4n) is 0.645. The second-order valence-electron chi connectivity index (χ2n) is 2.13. The van der Waals surface area contributed by atoms with Crippen LogP contribution in [0.15, 0.2) is 0 Å². The van der Waals surface area contributed by atoms with Gasteiger partial charge in [-0.1, -0.05) is 9.39 Å². The highest BCUT2D eigenvalue weighted by atomic mass is 31.0. The molecule has 9 heavy (non-hydrogen) atoms. The van der Waals surface area contributed by atoms with Crippen molar-refractivity contribution >= 4 is 24.8 Å². The average Bonchev–Trinajstić information content (AvgIpc) is 2.66. The Morgan fingerprint density at radius 3 is 2.33 bits per heavy atom. The molecule has 5 heteroatoms. The molecular weight excluding hydrogens is 156 g/mol. The van der Waals surface area contributed by atoms with Gasteiger partial charge in [0.15, 0.2) is 0 Å². The van der Waals surface area contributed by atoms with E-state index in [-0.39, 0.29) is 11.5 Å². The predicted octanol–water partition coefficient (Wildman–Crippen LogP) is 0.232. The lowest BCUT2D eigenvalue weighted by Gasteiger charge is -2.08. The van der Waals surface area contributed by atoms with E-state index in [2.05, 4.69) is 19.0 Å². The Kier molecular flexibility index (Phi) is 2.05. The van der Waals surface area contributed by atoms with Gasteiger partial charge in [-0.15, -0.1) is 0 Å². The first-order valence-corrected chi connectivity index (χ1v) is 3.69. The monoisotopic (exact) mass is 165 g/mol. The molecule has 0 saturated heterocycles. The minimum Gasteiger partial charge on any atom is -0.450 e. The molecule has 1 aliphatic carbocycles. The van der Waals surface area contributed by atoms with Crippen molar-refractivity contribution in [3.8, 4) is 0 Å². The van der Waals surface area contributed by atoms with Gasteiger partial charge in [0.25, 0.3) is 0 Å². The van der Waals surface area contributed by atoms with E-state index in [9.17, 15) is 4.79 Å². The topological polar surface area (TPSA) is 38.3 Å². The highest BCUT2D eigenvalue weighted by Gasteiger charge is 2.49. The lowest BCUT2D eigenvalue weighted by atomic mass is 10.3. The SMILES string of the molecule is O=C(OP)C1(NP)CC1. The molecule has 52 valence electrons. The molecule has 1 saturated carbocycles. The molecule has 1 fully saturated rings. The van der Waals surface area contributed by atoms with Gasteiger partial charge in [0, 0.05) is 0 Å². The standard InChI is InChI=1S/C4H9NO2P2/c6-3(7-9)4(5-8)1-2-4/h5H,1-2,8-9H2. The van der Waals surface area contributed by atoms with Gasteiger partial charge in [-0.2, -0.15) is 0 Å². The van der Waals surface area contributed by atoms with E-state index in [1.807, 2.05) is 9.47 Å². The van der Waals surface area contributed by atoms with Crippen LogP contribution in [0, 0.1) is 0 Å². The molecule has 1 N–H and O–H groups in total. The third-order valence-corrected chi connectivity index (χ3v) is 2.29. The molecule has 0 aromatic heterocycles. The third-order valence-electron chi connectivity index (χ3n) is 1.52. The summed E-state index contributed by atoms with van der Waals surface area (Å²) in [5, 5.41) is 2.83. The maximum Gasteiger partial charge on any atom is 0.328 e. The van der Waals surface area contributed by atoms with Crippen molar-refractivity contribution in [2.45, 2.75) is 18.4 Å². The van der Waals surface area contributed by atoms with Gasteiger partial charge in [-0.3, -0.25) is 5.09 Å². The van der Waals surface area contributed by atoms with Crippen LogP contribution in [-0.2, 0) is 9.32 Å². The zero-order valence-corrected chi connectivity index (χ0v) is 7.19. The molecule has 1 aliphatic rings. The van der Waals surface area contributed by atoms with Gasteiger partial charge in [0.05, 0.1) is 9.47 Å². The summed E-state index contributed by atoms with van der Waals surface area (Å²) in [4.78, 5) is 10.8. The van der Waals surface area contributed by atoms with E-state index in [4.69, 9.17) is 0 Å². The molecule has 2 unspecified atom stereocenters. The number of carbonyl (C=O) groups excluding carboxylic acids is 1. The molecule has 0 radical (unpaired) electrons. The van der Waals surface area contributed by atoms with E-state index >= 15 is 0 Å². The van der Waals surface area contributed by atoms with Gasteiger partial charge >= 0.3 is 5.97 Å². The zero-order valence-electron chi connectivity index (χ0n) is 4.89. The Balaban J connectivity index is 2.49. The van der Waals surface area contributed by atoms with Crippen molar-refractivity contribution < 1.29 is 9.32 Å². The summed E-state index contributed by atoms with van der Waals surface area (Å²) < 4.78 is 4.47. The second kappa shape index (κ2) is 2.49. The smallest absolute Gasteiger partial charge is 0.328 e. The van der Waals surface area contributed by atoms with Gasteiger partial charge in [0.2, 0.25) is 0 Å². The van der Waals surface area contributed by atoms with Crippen LogP contribution < -0.4 is 5.09 Å². The summed E-state index contributed by atoms with van der Waals surface area (Å²) in [6.45, 7) is 0. The fraction of sp³-hybridized carbons (Fsp3) is 0.750. The quantitative estimate of drug-likeness (QED) is 0.595. The summed E-state index contributed by atoms with van der Waals surface area (Å²) in [5.74, 6) is -0.192. The molecule has 0 aliphatic heterocycles. The molecule has 1 rings (SSSR count). The van der Waals surface area contributed by atoms with Gasteiger partial charge in [0.1, 0.15) is 5.54 Å². The van der Waals surface area contributed by atoms with Crippen LogP contribution in [0.2, 0.25) is 0 Å². The molecule has 0 amide bonds. The Morgan fingerprint density at radius 2 is 2.22 bits per heavy atom. The summed E-state index contributed by atoms with van der Waals surface area (Å²) in [7, 11) is 4.28. The highest BCUT2D eigenvalue weighted by Crippen LogP contribution is 2.37. The normalized spacial score (nSPS) is 21.1. The van der Waals surface area contributed by atoms with E-state index < -0.39 is 0 Å². The Labute approximate surface area is 58.5 Å². The molecule has 0 aromatic rings. The van der Waals surface area contributed by atoms with Crippen molar-refractivity contribution in [2.24, 2.45) is 0 Å². The number of rotatable bonds is 2. The number of hydrogen-bond acceptors (Lipinski definition) is 3. The van der Waals surface area contributed by atoms with Crippen molar-refractivity contribution in [3.05, 3.63) is 0 Å². The van der Waals surface area contributed by atoms with Crippen LogP contribution in [0.3, 0.4) is 0 Å². The first kappa shape index (κ1) is 7.40. The van der Waals surface area contributed by atoms with Crippen molar-refractivity contribution in [2.75, 3.05) is 0 Å². The summed E-state index contributed by atoms with van der Waals surface area (Å²) in [6.07, 6.45) is 1.76. The molecule has 0 heterocycles. The summed E-state index contributed by atoms with van der Waals surface area (Å²) in [6, 6.07) is 0. The van der Waals surface area contributed by atoms with Crippen LogP contribution >= 0.6 is 18.9 Å². The average molecular weight is 165 g/mol. The Bertz CT molecular complexity index is 135. The lowest BCUT2D eigenvalue weighted by Crippen LogP contribution is -2.32. The van der Waals surface area contributed by atoms with E-state index in [1.165, 1.54) is 0 Å². The third kappa shape index (κ3) is 1.24. The highest BCUT2D eigenvalue weighted by molar-refractivity contribution is 7.14. The molecule has 0 aromatic carbocycles. The molecule has 0 spiro atoms. The predicted molar refractivity (Wildman–Crippen MR) is 40.6 cm³/mol. The van der Waals surface area contributed by atoms with Crippen LogP contribution in [0.1, 0.15) is 12.8 Å². The van der Waals surface area contributed by atoms with Gasteiger partial charge in [-0.05, 0) is 12.8 Å². The molecular formula is C4H9NO2P2. The van der Waals surface area contributed by atoms with Crippen LogP contribution in [0.5, 0.6) is 0 Å². The van der Waals surface area contributed by atoms with Crippen LogP contribution in [0.25, 0.3) is 0 Å². The number of hydrogen-bond donors (Lipinski definition) is 1. The van der Waals surface area contributed by atoms with E-state index in [0.717, 1.165) is 12.8 Å².